The van der Waals surface area contributed by atoms with Gasteiger partial charge in [-0.3, -0.25) is 0 Å². The molecular formula is C16H11Cl2FOS. The van der Waals surface area contributed by atoms with Gasteiger partial charge in [0.2, 0.25) is 0 Å². The highest BCUT2D eigenvalue weighted by molar-refractivity contribution is 7.98. The van der Waals surface area contributed by atoms with E-state index in [1.165, 1.54) is 6.07 Å². The van der Waals surface area contributed by atoms with Crippen LogP contribution in [0.2, 0.25) is 10.0 Å². The van der Waals surface area contributed by atoms with Crippen molar-refractivity contribution in [1.29, 1.82) is 0 Å². The van der Waals surface area contributed by atoms with Crippen LogP contribution in [-0.2, 0) is 5.75 Å². The van der Waals surface area contributed by atoms with Crippen LogP contribution in [0.3, 0.4) is 0 Å². The minimum absolute atomic E-state index is 0.288. The standard InChI is InChI=1S/C16H11Cl2FOS/c17-14-5-4-13(9-15(14)18)21-10-11-3-6-16(19)12(8-11)2-1-7-20/h3-6,8-9,20H,7,10H2. The quantitative estimate of drug-likeness (QED) is 0.641. The van der Waals surface area contributed by atoms with E-state index in [0.29, 0.717) is 15.8 Å². The molecule has 2 aromatic rings. The number of thioether (sulfide) groups is 1. The van der Waals surface area contributed by atoms with Crippen LogP contribution in [0.4, 0.5) is 4.39 Å². The summed E-state index contributed by atoms with van der Waals surface area (Å²) >= 11 is 13.4. The number of rotatable bonds is 3. The highest BCUT2D eigenvalue weighted by atomic mass is 35.5. The van der Waals surface area contributed by atoms with Gasteiger partial charge in [-0.2, -0.15) is 0 Å². The summed E-state index contributed by atoms with van der Waals surface area (Å²) in [4.78, 5) is 0.983. The second-order valence-corrected chi connectivity index (χ2v) is 6.00. The first kappa shape index (κ1) is 16.2. The molecule has 0 heterocycles. The average Bonchev–Trinajstić information content (AvgIpc) is 2.48. The molecule has 108 valence electrons. The van der Waals surface area contributed by atoms with Crippen molar-refractivity contribution in [3.05, 3.63) is 63.4 Å². The van der Waals surface area contributed by atoms with E-state index in [9.17, 15) is 4.39 Å². The van der Waals surface area contributed by atoms with Crippen molar-refractivity contribution in [3.63, 3.8) is 0 Å². The van der Waals surface area contributed by atoms with Crippen LogP contribution in [0, 0.1) is 17.7 Å². The topological polar surface area (TPSA) is 20.2 Å². The Morgan fingerprint density at radius 3 is 2.62 bits per heavy atom. The van der Waals surface area contributed by atoms with Crippen molar-refractivity contribution < 1.29 is 9.50 Å². The van der Waals surface area contributed by atoms with Gasteiger partial charge in [0.1, 0.15) is 12.4 Å². The van der Waals surface area contributed by atoms with Crippen molar-refractivity contribution in [1.82, 2.24) is 0 Å². The first-order valence-corrected chi connectivity index (χ1v) is 7.80. The predicted molar refractivity (Wildman–Crippen MR) is 86.4 cm³/mol. The van der Waals surface area contributed by atoms with E-state index in [0.717, 1.165) is 10.5 Å². The minimum atomic E-state index is -0.390. The number of benzene rings is 2. The molecule has 0 saturated heterocycles. The SMILES string of the molecule is OCC#Cc1cc(CSc2ccc(Cl)c(Cl)c2)ccc1F. The molecule has 2 rings (SSSR count). The molecule has 0 spiro atoms. The maximum absolute atomic E-state index is 13.5. The third-order valence-corrected chi connectivity index (χ3v) is 4.43. The van der Waals surface area contributed by atoms with Crippen LogP contribution in [0.1, 0.15) is 11.1 Å². The monoisotopic (exact) mass is 340 g/mol. The smallest absolute Gasteiger partial charge is 0.138 e. The van der Waals surface area contributed by atoms with Crippen LogP contribution in [0.25, 0.3) is 0 Å². The van der Waals surface area contributed by atoms with Gasteiger partial charge in [-0.1, -0.05) is 41.1 Å². The van der Waals surface area contributed by atoms with Gasteiger partial charge in [-0.15, -0.1) is 11.8 Å². The fourth-order valence-corrected chi connectivity index (χ4v) is 2.87. The molecule has 0 unspecified atom stereocenters. The fraction of sp³-hybridized carbons (Fsp3) is 0.125. The zero-order valence-corrected chi connectivity index (χ0v) is 13.2. The van der Waals surface area contributed by atoms with Crippen molar-refractivity contribution in [2.75, 3.05) is 6.61 Å². The lowest BCUT2D eigenvalue weighted by atomic mass is 10.1. The van der Waals surface area contributed by atoms with Gasteiger partial charge >= 0.3 is 0 Å². The molecule has 0 radical (unpaired) electrons. The lowest BCUT2D eigenvalue weighted by molar-refractivity contribution is 0.350. The average molecular weight is 341 g/mol. The first-order valence-electron chi connectivity index (χ1n) is 6.06. The van der Waals surface area contributed by atoms with E-state index in [1.807, 2.05) is 6.07 Å². The Bertz CT molecular complexity index is 707. The van der Waals surface area contributed by atoms with E-state index < -0.39 is 0 Å². The molecular weight excluding hydrogens is 330 g/mol. The van der Waals surface area contributed by atoms with Crippen molar-refractivity contribution in [2.24, 2.45) is 0 Å². The zero-order chi connectivity index (χ0) is 15.2. The molecule has 0 aliphatic heterocycles. The first-order chi connectivity index (χ1) is 10.1. The van der Waals surface area contributed by atoms with E-state index in [2.05, 4.69) is 11.8 Å². The summed E-state index contributed by atoms with van der Waals surface area (Å²) in [6.45, 7) is -0.290. The summed E-state index contributed by atoms with van der Waals surface area (Å²) in [5.74, 6) is 5.31. The number of hydrogen-bond donors (Lipinski definition) is 1. The molecule has 0 bridgehead atoms. The van der Waals surface area contributed by atoms with E-state index in [-0.39, 0.29) is 18.0 Å². The largest absolute Gasteiger partial charge is 0.384 e. The van der Waals surface area contributed by atoms with Gasteiger partial charge < -0.3 is 5.11 Å². The summed E-state index contributed by atoms with van der Waals surface area (Å²) in [5.41, 5.74) is 1.23. The molecule has 0 aliphatic carbocycles. The molecule has 0 atom stereocenters. The van der Waals surface area contributed by atoms with Crippen LogP contribution in [0.5, 0.6) is 0 Å². The summed E-state index contributed by atoms with van der Waals surface area (Å²) in [6, 6.07) is 10.2. The number of halogens is 3. The van der Waals surface area contributed by atoms with Gasteiger partial charge in [0, 0.05) is 10.6 Å². The van der Waals surface area contributed by atoms with Crippen LogP contribution in [-0.4, -0.2) is 11.7 Å². The highest BCUT2D eigenvalue weighted by Crippen LogP contribution is 2.30. The molecule has 0 fully saturated rings. The molecule has 2 aromatic carbocycles. The second kappa shape index (κ2) is 7.72. The van der Waals surface area contributed by atoms with Crippen molar-refractivity contribution in [2.45, 2.75) is 10.6 Å². The van der Waals surface area contributed by atoms with Gasteiger partial charge in [0.05, 0.1) is 15.6 Å². The minimum Gasteiger partial charge on any atom is -0.384 e. The fourth-order valence-electron chi connectivity index (χ4n) is 1.63. The van der Waals surface area contributed by atoms with Gasteiger partial charge in [-0.05, 0) is 35.9 Å². The maximum Gasteiger partial charge on any atom is 0.138 e. The van der Waals surface area contributed by atoms with Gasteiger partial charge in [0.15, 0.2) is 0 Å². The molecule has 0 saturated carbocycles. The molecule has 21 heavy (non-hydrogen) atoms. The Hall–Kier alpha value is -1.18. The third kappa shape index (κ3) is 4.66. The van der Waals surface area contributed by atoms with Crippen LogP contribution in [0.15, 0.2) is 41.3 Å². The molecule has 0 aliphatic rings. The lowest BCUT2D eigenvalue weighted by Gasteiger charge is -2.05. The maximum atomic E-state index is 13.5. The molecule has 0 aromatic heterocycles. The van der Waals surface area contributed by atoms with E-state index >= 15 is 0 Å². The second-order valence-electron chi connectivity index (χ2n) is 4.14. The lowest BCUT2D eigenvalue weighted by Crippen LogP contribution is -1.88. The molecule has 5 heteroatoms. The number of hydrogen-bond acceptors (Lipinski definition) is 2. The number of aliphatic hydroxyl groups is 1. The predicted octanol–water partition coefficient (Wildman–Crippen LogP) is 4.77. The summed E-state index contributed by atoms with van der Waals surface area (Å²) < 4.78 is 13.5. The number of aliphatic hydroxyl groups excluding tert-OH is 1. The normalized spacial score (nSPS) is 10.1. The Morgan fingerprint density at radius 2 is 1.90 bits per heavy atom. The van der Waals surface area contributed by atoms with Crippen LogP contribution < -0.4 is 0 Å². The molecule has 0 amide bonds. The van der Waals surface area contributed by atoms with Gasteiger partial charge in [0.25, 0.3) is 0 Å². The summed E-state index contributed by atoms with van der Waals surface area (Å²) in [7, 11) is 0. The molecule has 1 N–H and O–H groups in total. The third-order valence-electron chi connectivity index (χ3n) is 2.63. The van der Waals surface area contributed by atoms with Crippen molar-refractivity contribution in [3.8, 4) is 11.8 Å². The summed E-state index contributed by atoms with van der Waals surface area (Å²) in [5, 5.41) is 9.69. The van der Waals surface area contributed by atoms with Crippen LogP contribution >= 0.6 is 35.0 Å². The van der Waals surface area contributed by atoms with E-state index in [1.54, 1.807) is 36.0 Å². The van der Waals surface area contributed by atoms with E-state index in [4.69, 9.17) is 28.3 Å². The Morgan fingerprint density at radius 1 is 1.10 bits per heavy atom. The van der Waals surface area contributed by atoms with Crippen molar-refractivity contribution >= 4 is 35.0 Å². The Kier molecular flexibility index (Phi) is 5.96. The molecule has 1 nitrogen and oxygen atoms in total. The zero-order valence-electron chi connectivity index (χ0n) is 10.9. The summed E-state index contributed by atoms with van der Waals surface area (Å²) in [6.07, 6.45) is 0. The van der Waals surface area contributed by atoms with Gasteiger partial charge in [-0.25, -0.2) is 4.39 Å². The Labute approximate surface area is 137 Å². The highest BCUT2D eigenvalue weighted by Gasteiger charge is 2.04. The Balaban J connectivity index is 2.11.